The molecule has 5 nitrogen and oxygen atoms in total. The number of nitrogens with zero attached hydrogens (tertiary/aromatic N) is 1. The normalized spacial score (nSPS) is 10.1. The topological polar surface area (TPSA) is 61.6 Å². The van der Waals surface area contributed by atoms with Crippen LogP contribution in [0.15, 0.2) is 48.5 Å². The van der Waals surface area contributed by atoms with Crippen molar-refractivity contribution in [2.45, 2.75) is 6.42 Å². The van der Waals surface area contributed by atoms with E-state index in [4.69, 9.17) is 9.47 Å². The average molecular weight is 291 g/mol. The monoisotopic (exact) mass is 291 g/mol. The van der Waals surface area contributed by atoms with Crippen molar-refractivity contribution in [3.05, 3.63) is 64.5 Å². The Kier molecular flexibility index (Phi) is 5.09. The number of halogens is 1. The van der Waals surface area contributed by atoms with Crippen LogP contribution < -0.4 is 9.47 Å². The molecule has 0 bridgehead atoms. The minimum atomic E-state index is -0.905. The third-order valence-electron chi connectivity index (χ3n) is 2.69. The molecule has 21 heavy (non-hydrogen) atoms. The number of rotatable bonds is 7. The highest BCUT2D eigenvalue weighted by molar-refractivity contribution is 5.37. The van der Waals surface area contributed by atoms with Crippen LogP contribution in [-0.2, 0) is 0 Å². The van der Waals surface area contributed by atoms with Crippen molar-refractivity contribution in [3.8, 4) is 11.5 Å². The summed E-state index contributed by atoms with van der Waals surface area (Å²) in [5, 5.41) is 10.5. The highest BCUT2D eigenvalue weighted by atomic mass is 19.1. The molecule has 0 aromatic heterocycles. The first-order valence-corrected chi connectivity index (χ1v) is 6.41. The van der Waals surface area contributed by atoms with E-state index in [0.29, 0.717) is 19.6 Å². The van der Waals surface area contributed by atoms with E-state index in [-0.39, 0.29) is 5.75 Å². The minimum Gasteiger partial charge on any atom is -0.493 e. The fourth-order valence-corrected chi connectivity index (χ4v) is 1.68. The molecule has 0 N–H and O–H groups in total. The number of benzene rings is 2. The van der Waals surface area contributed by atoms with Crippen LogP contribution in [-0.4, -0.2) is 18.1 Å². The van der Waals surface area contributed by atoms with Crippen molar-refractivity contribution in [1.82, 2.24) is 0 Å². The molecule has 0 unspecified atom stereocenters. The number of para-hydroxylation sites is 1. The van der Waals surface area contributed by atoms with Crippen molar-refractivity contribution in [2.75, 3.05) is 13.2 Å². The molecule has 110 valence electrons. The standard InChI is InChI=1S/C15H14FNO4/c16-14-11-13(7-8-15(14)17(18)19)21-10-4-9-20-12-5-2-1-3-6-12/h1-3,5-8,11H,4,9-10H2. The van der Waals surface area contributed by atoms with Gasteiger partial charge in [-0.05, 0) is 18.2 Å². The molecule has 0 aliphatic rings. The van der Waals surface area contributed by atoms with E-state index in [1.54, 1.807) is 0 Å². The van der Waals surface area contributed by atoms with Gasteiger partial charge in [0.1, 0.15) is 11.5 Å². The molecular formula is C15H14FNO4. The molecule has 2 aromatic rings. The maximum absolute atomic E-state index is 13.4. The van der Waals surface area contributed by atoms with Gasteiger partial charge in [-0.3, -0.25) is 10.1 Å². The number of hydrogen-bond donors (Lipinski definition) is 0. The zero-order valence-electron chi connectivity index (χ0n) is 11.2. The molecular weight excluding hydrogens is 277 g/mol. The van der Waals surface area contributed by atoms with Gasteiger partial charge in [-0.2, -0.15) is 4.39 Å². The summed E-state index contributed by atoms with van der Waals surface area (Å²) in [7, 11) is 0. The van der Waals surface area contributed by atoms with Crippen LogP contribution in [0.3, 0.4) is 0 Å². The predicted molar refractivity (Wildman–Crippen MR) is 75.1 cm³/mol. The molecule has 2 rings (SSSR count). The molecule has 0 heterocycles. The maximum atomic E-state index is 13.4. The van der Waals surface area contributed by atoms with Gasteiger partial charge >= 0.3 is 5.69 Å². The second kappa shape index (κ2) is 7.23. The lowest BCUT2D eigenvalue weighted by atomic mass is 10.3. The molecule has 6 heteroatoms. The third kappa shape index (κ3) is 4.45. The molecule has 0 saturated heterocycles. The summed E-state index contributed by atoms with van der Waals surface area (Å²) >= 11 is 0. The van der Waals surface area contributed by atoms with Crippen LogP contribution in [0.4, 0.5) is 10.1 Å². The molecule has 0 spiro atoms. The Labute approximate surface area is 121 Å². The zero-order valence-corrected chi connectivity index (χ0v) is 11.2. The molecule has 0 aliphatic heterocycles. The fourth-order valence-electron chi connectivity index (χ4n) is 1.68. The van der Waals surface area contributed by atoms with Gasteiger partial charge in [0.05, 0.1) is 18.1 Å². The Bertz CT molecular complexity index is 604. The first-order chi connectivity index (χ1) is 10.2. The predicted octanol–water partition coefficient (Wildman–Crippen LogP) is 3.58. The second-order valence-corrected chi connectivity index (χ2v) is 4.23. The molecule has 0 amide bonds. The summed E-state index contributed by atoms with van der Waals surface area (Å²) in [5.74, 6) is 0.134. The Hall–Kier alpha value is -2.63. The average Bonchev–Trinajstić information content (AvgIpc) is 2.47. The summed E-state index contributed by atoms with van der Waals surface area (Å²) in [6, 6.07) is 12.8. The summed E-state index contributed by atoms with van der Waals surface area (Å²) in [5.41, 5.74) is -0.560. The lowest BCUT2D eigenvalue weighted by Crippen LogP contribution is -2.05. The van der Waals surface area contributed by atoms with Gasteiger partial charge in [0.15, 0.2) is 0 Å². The van der Waals surface area contributed by atoms with Crippen LogP contribution in [0.2, 0.25) is 0 Å². The molecule has 2 aromatic carbocycles. The Morgan fingerprint density at radius 1 is 1.00 bits per heavy atom. The van der Waals surface area contributed by atoms with Crippen LogP contribution >= 0.6 is 0 Å². The van der Waals surface area contributed by atoms with Gasteiger partial charge in [-0.15, -0.1) is 0 Å². The third-order valence-corrected chi connectivity index (χ3v) is 2.69. The highest BCUT2D eigenvalue weighted by Crippen LogP contribution is 2.22. The lowest BCUT2D eigenvalue weighted by molar-refractivity contribution is -0.387. The van der Waals surface area contributed by atoms with Crippen molar-refractivity contribution in [3.63, 3.8) is 0 Å². The van der Waals surface area contributed by atoms with Crippen LogP contribution in [0, 0.1) is 15.9 Å². The van der Waals surface area contributed by atoms with Crippen LogP contribution in [0.25, 0.3) is 0 Å². The van der Waals surface area contributed by atoms with E-state index in [1.807, 2.05) is 30.3 Å². The maximum Gasteiger partial charge on any atom is 0.305 e. The molecule has 0 saturated carbocycles. The summed E-state index contributed by atoms with van der Waals surface area (Å²) in [4.78, 5) is 9.70. The first kappa shape index (κ1) is 14.8. The molecule has 0 atom stereocenters. The van der Waals surface area contributed by atoms with E-state index in [1.165, 1.54) is 6.07 Å². The summed E-state index contributed by atoms with van der Waals surface area (Å²) < 4.78 is 24.1. The number of hydrogen-bond acceptors (Lipinski definition) is 4. The van der Waals surface area contributed by atoms with Crippen LogP contribution in [0.5, 0.6) is 11.5 Å². The Morgan fingerprint density at radius 3 is 2.29 bits per heavy atom. The fraction of sp³-hybridized carbons (Fsp3) is 0.200. The largest absolute Gasteiger partial charge is 0.493 e. The van der Waals surface area contributed by atoms with Gasteiger partial charge < -0.3 is 9.47 Å². The van der Waals surface area contributed by atoms with Crippen molar-refractivity contribution < 1.29 is 18.8 Å². The van der Waals surface area contributed by atoms with Crippen molar-refractivity contribution >= 4 is 5.69 Å². The van der Waals surface area contributed by atoms with Gasteiger partial charge in [-0.1, -0.05) is 18.2 Å². The molecule has 0 fully saturated rings. The number of nitro benzene ring substituents is 1. The van der Waals surface area contributed by atoms with Crippen molar-refractivity contribution in [1.29, 1.82) is 0 Å². The zero-order chi connectivity index (χ0) is 15.1. The smallest absolute Gasteiger partial charge is 0.305 e. The van der Waals surface area contributed by atoms with Gasteiger partial charge in [0.2, 0.25) is 5.82 Å². The number of nitro groups is 1. The quantitative estimate of drug-likeness (QED) is 0.444. The minimum absolute atomic E-state index is 0.262. The molecule has 0 radical (unpaired) electrons. The number of ether oxygens (including phenoxy) is 2. The Morgan fingerprint density at radius 2 is 1.67 bits per heavy atom. The SMILES string of the molecule is O=[N+]([O-])c1ccc(OCCCOc2ccccc2)cc1F. The van der Waals surface area contributed by atoms with Gasteiger partial charge in [-0.25, -0.2) is 0 Å². The van der Waals surface area contributed by atoms with Crippen LogP contribution in [0.1, 0.15) is 6.42 Å². The highest BCUT2D eigenvalue weighted by Gasteiger charge is 2.14. The van der Waals surface area contributed by atoms with Gasteiger partial charge in [0.25, 0.3) is 0 Å². The molecule has 0 aliphatic carbocycles. The van der Waals surface area contributed by atoms with E-state index >= 15 is 0 Å². The lowest BCUT2D eigenvalue weighted by Gasteiger charge is -2.08. The summed E-state index contributed by atoms with van der Waals surface area (Å²) in [6.07, 6.45) is 0.619. The van der Waals surface area contributed by atoms with E-state index in [0.717, 1.165) is 17.9 Å². The van der Waals surface area contributed by atoms with E-state index in [9.17, 15) is 14.5 Å². The van der Waals surface area contributed by atoms with Gasteiger partial charge in [0, 0.05) is 18.6 Å². The Balaban J connectivity index is 1.74. The van der Waals surface area contributed by atoms with Crippen molar-refractivity contribution in [2.24, 2.45) is 0 Å². The summed E-state index contributed by atoms with van der Waals surface area (Å²) in [6.45, 7) is 0.809. The van der Waals surface area contributed by atoms with E-state index in [2.05, 4.69) is 0 Å². The first-order valence-electron chi connectivity index (χ1n) is 6.41. The van der Waals surface area contributed by atoms with E-state index < -0.39 is 16.4 Å². The second-order valence-electron chi connectivity index (χ2n) is 4.23.